The fourth-order valence-electron chi connectivity index (χ4n) is 2.29. The Morgan fingerprint density at radius 3 is 2.93 bits per heavy atom. The molecule has 1 aromatic rings. The molecule has 1 atom stereocenters. The Morgan fingerprint density at radius 2 is 2.21 bits per heavy atom. The van der Waals surface area contributed by atoms with Crippen LogP contribution in [-0.2, 0) is 11.2 Å². The van der Waals surface area contributed by atoms with Crippen molar-refractivity contribution in [2.75, 3.05) is 25.2 Å². The van der Waals surface area contributed by atoms with Crippen LogP contribution in [0.1, 0.15) is 12.5 Å². The molecule has 14 heavy (non-hydrogen) atoms. The van der Waals surface area contributed by atoms with Crippen LogP contribution in [0.15, 0.2) is 24.3 Å². The number of hydrogen-bond acceptors (Lipinski definition) is 2. The number of para-hydroxylation sites is 1. The maximum absolute atomic E-state index is 5.25. The van der Waals surface area contributed by atoms with Crippen molar-refractivity contribution in [1.29, 1.82) is 0 Å². The van der Waals surface area contributed by atoms with Gasteiger partial charge < -0.3 is 9.64 Å². The Balaban J connectivity index is 2.24. The Bertz CT molecular complexity index is 311. The molecule has 0 saturated heterocycles. The lowest BCUT2D eigenvalue weighted by Gasteiger charge is -2.25. The molecule has 1 heterocycles. The summed E-state index contributed by atoms with van der Waals surface area (Å²) in [6.07, 6.45) is 1.12. The third-order valence-electron chi connectivity index (χ3n) is 2.90. The highest BCUT2D eigenvalue weighted by Gasteiger charge is 2.27. The molecule has 0 amide bonds. The van der Waals surface area contributed by atoms with E-state index in [-0.39, 0.29) is 0 Å². The summed E-state index contributed by atoms with van der Waals surface area (Å²) < 4.78 is 5.25. The summed E-state index contributed by atoms with van der Waals surface area (Å²) in [5.41, 5.74) is 2.84. The molecule has 0 bridgehead atoms. The number of ether oxygens (including phenoxy) is 1. The molecule has 2 rings (SSSR count). The minimum Gasteiger partial charge on any atom is -0.383 e. The van der Waals surface area contributed by atoms with Gasteiger partial charge in [0.15, 0.2) is 0 Å². The zero-order valence-electron chi connectivity index (χ0n) is 8.86. The van der Waals surface area contributed by atoms with Crippen LogP contribution < -0.4 is 4.90 Å². The molecular weight excluding hydrogens is 174 g/mol. The number of benzene rings is 1. The Kier molecular flexibility index (Phi) is 2.73. The molecule has 0 N–H and O–H groups in total. The predicted molar refractivity (Wildman–Crippen MR) is 58.8 cm³/mol. The Hall–Kier alpha value is -1.02. The van der Waals surface area contributed by atoms with E-state index >= 15 is 0 Å². The minimum absolute atomic E-state index is 0.530. The van der Waals surface area contributed by atoms with E-state index in [9.17, 15) is 0 Å². The summed E-state index contributed by atoms with van der Waals surface area (Å²) in [6, 6.07) is 9.17. The lowest BCUT2D eigenvalue weighted by Crippen LogP contribution is -2.35. The number of likely N-dealkylation sites (N-methyl/N-ethyl adjacent to an activating group) is 1. The van der Waals surface area contributed by atoms with Crippen molar-refractivity contribution < 1.29 is 4.74 Å². The standard InChI is InChI=1S/C12H17NO/c1-3-13-11(9-14-2)8-10-6-4-5-7-12(10)13/h4-7,11H,3,8-9H2,1-2H3/t11-/m1/s1. The third-order valence-corrected chi connectivity index (χ3v) is 2.90. The van der Waals surface area contributed by atoms with E-state index in [0.717, 1.165) is 19.6 Å². The van der Waals surface area contributed by atoms with Crippen molar-refractivity contribution in [3.8, 4) is 0 Å². The summed E-state index contributed by atoms with van der Waals surface area (Å²) in [5.74, 6) is 0. The molecule has 0 unspecified atom stereocenters. The third kappa shape index (κ3) is 1.50. The zero-order valence-corrected chi connectivity index (χ0v) is 8.86. The van der Waals surface area contributed by atoms with E-state index in [4.69, 9.17) is 4.74 Å². The van der Waals surface area contributed by atoms with Crippen molar-refractivity contribution in [3.63, 3.8) is 0 Å². The maximum atomic E-state index is 5.25. The van der Waals surface area contributed by atoms with Crippen molar-refractivity contribution in [2.45, 2.75) is 19.4 Å². The number of rotatable bonds is 3. The first-order chi connectivity index (χ1) is 6.86. The predicted octanol–water partition coefficient (Wildman–Crippen LogP) is 2.08. The molecule has 0 aromatic heterocycles. The summed E-state index contributed by atoms with van der Waals surface area (Å²) in [4.78, 5) is 2.43. The number of hydrogen-bond donors (Lipinski definition) is 0. The van der Waals surface area contributed by atoms with Gasteiger partial charge in [-0.15, -0.1) is 0 Å². The lowest BCUT2D eigenvalue weighted by molar-refractivity contribution is 0.179. The first-order valence-electron chi connectivity index (χ1n) is 5.20. The molecule has 1 aliphatic rings. The molecule has 0 fully saturated rings. The van der Waals surface area contributed by atoms with Gasteiger partial charge in [-0.25, -0.2) is 0 Å². The molecule has 0 saturated carbocycles. The average molecular weight is 191 g/mol. The van der Waals surface area contributed by atoms with Crippen LogP contribution in [0.4, 0.5) is 5.69 Å². The van der Waals surface area contributed by atoms with E-state index in [1.54, 1.807) is 7.11 Å². The van der Waals surface area contributed by atoms with Crippen LogP contribution in [0, 0.1) is 0 Å². The molecule has 0 spiro atoms. The smallest absolute Gasteiger partial charge is 0.0669 e. The Morgan fingerprint density at radius 1 is 1.43 bits per heavy atom. The summed E-state index contributed by atoms with van der Waals surface area (Å²) in [6.45, 7) is 4.08. The molecule has 1 aliphatic heterocycles. The zero-order chi connectivity index (χ0) is 9.97. The SMILES string of the molecule is CCN1c2ccccc2C[C@@H]1COC. The topological polar surface area (TPSA) is 12.5 Å². The fourth-order valence-corrected chi connectivity index (χ4v) is 2.29. The highest BCUT2D eigenvalue weighted by Crippen LogP contribution is 2.31. The number of nitrogens with zero attached hydrogens (tertiary/aromatic N) is 1. The average Bonchev–Trinajstić information content (AvgIpc) is 2.55. The van der Waals surface area contributed by atoms with Crippen molar-refractivity contribution in [3.05, 3.63) is 29.8 Å². The van der Waals surface area contributed by atoms with Gasteiger partial charge in [-0.2, -0.15) is 0 Å². The van der Waals surface area contributed by atoms with Crippen LogP contribution in [0.2, 0.25) is 0 Å². The second kappa shape index (κ2) is 4.01. The largest absolute Gasteiger partial charge is 0.383 e. The first kappa shape index (κ1) is 9.53. The molecule has 2 nitrogen and oxygen atoms in total. The molecular formula is C12H17NO. The second-order valence-electron chi connectivity index (χ2n) is 3.73. The van der Waals surface area contributed by atoms with E-state index in [1.165, 1.54) is 11.3 Å². The van der Waals surface area contributed by atoms with Crippen molar-refractivity contribution in [1.82, 2.24) is 0 Å². The van der Waals surface area contributed by atoms with E-state index < -0.39 is 0 Å². The van der Waals surface area contributed by atoms with Gasteiger partial charge in [0.05, 0.1) is 12.6 Å². The summed E-state index contributed by atoms with van der Waals surface area (Å²) >= 11 is 0. The van der Waals surface area contributed by atoms with Crippen LogP contribution in [0.5, 0.6) is 0 Å². The Labute approximate surface area is 85.5 Å². The number of methoxy groups -OCH3 is 1. The summed E-state index contributed by atoms with van der Waals surface area (Å²) in [7, 11) is 1.77. The van der Waals surface area contributed by atoms with Crippen molar-refractivity contribution in [2.24, 2.45) is 0 Å². The monoisotopic (exact) mass is 191 g/mol. The van der Waals surface area contributed by atoms with Gasteiger partial charge in [-0.05, 0) is 25.0 Å². The van der Waals surface area contributed by atoms with E-state index in [0.29, 0.717) is 6.04 Å². The van der Waals surface area contributed by atoms with Gasteiger partial charge in [-0.3, -0.25) is 0 Å². The van der Waals surface area contributed by atoms with E-state index in [2.05, 4.69) is 36.1 Å². The highest BCUT2D eigenvalue weighted by molar-refractivity contribution is 5.59. The first-order valence-corrected chi connectivity index (χ1v) is 5.20. The molecule has 0 aliphatic carbocycles. The van der Waals surface area contributed by atoms with Crippen LogP contribution in [-0.4, -0.2) is 26.3 Å². The molecule has 0 radical (unpaired) electrons. The fraction of sp³-hybridized carbons (Fsp3) is 0.500. The van der Waals surface area contributed by atoms with Gasteiger partial charge in [-0.1, -0.05) is 18.2 Å². The van der Waals surface area contributed by atoms with E-state index in [1.807, 2.05) is 0 Å². The van der Waals surface area contributed by atoms with Gasteiger partial charge in [0, 0.05) is 19.3 Å². The van der Waals surface area contributed by atoms with Crippen LogP contribution in [0.25, 0.3) is 0 Å². The highest BCUT2D eigenvalue weighted by atomic mass is 16.5. The molecule has 2 heteroatoms. The van der Waals surface area contributed by atoms with Crippen LogP contribution >= 0.6 is 0 Å². The normalized spacial score (nSPS) is 19.9. The van der Waals surface area contributed by atoms with Gasteiger partial charge >= 0.3 is 0 Å². The minimum atomic E-state index is 0.530. The lowest BCUT2D eigenvalue weighted by atomic mass is 10.1. The number of anilines is 1. The molecule has 1 aromatic carbocycles. The van der Waals surface area contributed by atoms with Crippen molar-refractivity contribution >= 4 is 5.69 Å². The quantitative estimate of drug-likeness (QED) is 0.725. The summed E-state index contributed by atoms with van der Waals surface area (Å²) in [5, 5.41) is 0. The molecule has 76 valence electrons. The van der Waals surface area contributed by atoms with Gasteiger partial charge in [0.1, 0.15) is 0 Å². The second-order valence-corrected chi connectivity index (χ2v) is 3.73. The van der Waals surface area contributed by atoms with Gasteiger partial charge in [0.2, 0.25) is 0 Å². The van der Waals surface area contributed by atoms with Crippen LogP contribution in [0.3, 0.4) is 0 Å². The van der Waals surface area contributed by atoms with Gasteiger partial charge in [0.25, 0.3) is 0 Å². The number of fused-ring (bicyclic) bond motifs is 1. The maximum Gasteiger partial charge on any atom is 0.0669 e.